The van der Waals surface area contributed by atoms with Gasteiger partial charge >= 0.3 is 5.97 Å². The van der Waals surface area contributed by atoms with Crippen LogP contribution >= 0.6 is 0 Å². The maximum Gasteiger partial charge on any atom is 0.333 e. The Balaban J connectivity index is 1.55. The van der Waals surface area contributed by atoms with Crippen molar-refractivity contribution >= 4 is 17.3 Å². The van der Waals surface area contributed by atoms with E-state index in [1.165, 1.54) is 44.1 Å². The molecule has 0 N–H and O–H groups in total. The van der Waals surface area contributed by atoms with Gasteiger partial charge in [0.2, 0.25) is 0 Å². The molecule has 0 aromatic heterocycles. The highest BCUT2D eigenvalue weighted by atomic mass is 16.5. The molecule has 0 saturated carbocycles. The molecule has 2 rings (SSSR count). The lowest BCUT2D eigenvalue weighted by Gasteiger charge is -2.07. The van der Waals surface area contributed by atoms with Gasteiger partial charge in [0.15, 0.2) is 0 Å². The van der Waals surface area contributed by atoms with Crippen molar-refractivity contribution in [3.63, 3.8) is 0 Å². The quantitative estimate of drug-likeness (QED) is 0.0777. The molecule has 0 bridgehead atoms. The molecule has 37 heavy (non-hydrogen) atoms. The Bertz CT molecular complexity index is 920. The van der Waals surface area contributed by atoms with Crippen molar-refractivity contribution in [1.29, 1.82) is 0 Å². The summed E-state index contributed by atoms with van der Waals surface area (Å²) < 4.78 is 11.0. The van der Waals surface area contributed by atoms with Crippen molar-refractivity contribution in [2.24, 2.45) is 10.2 Å². The highest BCUT2D eigenvalue weighted by Crippen LogP contribution is 2.22. The maximum absolute atomic E-state index is 11.3. The molecule has 0 heterocycles. The molecule has 0 unspecified atom stereocenters. The van der Waals surface area contributed by atoms with Gasteiger partial charge < -0.3 is 9.47 Å². The van der Waals surface area contributed by atoms with E-state index >= 15 is 0 Å². The smallest absolute Gasteiger partial charge is 0.333 e. The number of nitrogens with zero attached hydrogens (tertiary/aromatic N) is 2. The predicted molar refractivity (Wildman–Crippen MR) is 153 cm³/mol. The first-order valence-corrected chi connectivity index (χ1v) is 14.1. The number of esters is 1. The molecule has 0 radical (unpaired) electrons. The van der Waals surface area contributed by atoms with E-state index in [0.29, 0.717) is 18.8 Å². The Morgan fingerprint density at radius 2 is 1.22 bits per heavy atom. The Morgan fingerprint density at radius 3 is 1.81 bits per heavy atom. The van der Waals surface area contributed by atoms with E-state index < -0.39 is 0 Å². The number of ether oxygens (including phenoxy) is 2. The number of rotatable bonds is 20. The van der Waals surface area contributed by atoms with E-state index in [1.807, 2.05) is 36.4 Å². The van der Waals surface area contributed by atoms with Gasteiger partial charge in [0.05, 0.1) is 24.6 Å². The number of carbonyl (C=O) groups excluding carboxylic acids is 1. The summed E-state index contributed by atoms with van der Waals surface area (Å²) in [4.78, 5) is 11.3. The van der Waals surface area contributed by atoms with Crippen molar-refractivity contribution in [2.45, 2.75) is 97.3 Å². The Hall–Kier alpha value is -2.95. The van der Waals surface area contributed by atoms with Gasteiger partial charge in [-0.2, -0.15) is 10.2 Å². The van der Waals surface area contributed by atoms with Crippen LogP contribution in [0, 0.1) is 0 Å². The maximum atomic E-state index is 11.3. The topological polar surface area (TPSA) is 60.2 Å². The van der Waals surface area contributed by atoms with Gasteiger partial charge in [0, 0.05) is 5.57 Å². The molecule has 5 nitrogen and oxygen atoms in total. The SMILES string of the molecule is C=C(C)C(=O)OCCCCCCCCOc1ccc(N=Nc2ccc(CCCCCCCC)cc2)cc1. The first-order valence-electron chi connectivity index (χ1n) is 14.1. The molecule has 2 aromatic rings. The molecular formula is C32H46N2O3. The molecule has 0 fully saturated rings. The minimum absolute atomic E-state index is 0.295. The van der Waals surface area contributed by atoms with Gasteiger partial charge in [-0.05, 0) is 74.6 Å². The van der Waals surface area contributed by atoms with Crippen LogP contribution in [0.4, 0.5) is 11.4 Å². The number of carbonyl (C=O) groups is 1. The van der Waals surface area contributed by atoms with E-state index in [4.69, 9.17) is 9.47 Å². The molecule has 202 valence electrons. The van der Waals surface area contributed by atoms with Crippen molar-refractivity contribution < 1.29 is 14.3 Å². The number of unbranched alkanes of at least 4 members (excludes halogenated alkanes) is 10. The third-order valence-electron chi connectivity index (χ3n) is 6.26. The molecule has 0 spiro atoms. The van der Waals surface area contributed by atoms with Crippen molar-refractivity contribution in [3.8, 4) is 5.75 Å². The summed E-state index contributed by atoms with van der Waals surface area (Å²) >= 11 is 0. The normalized spacial score (nSPS) is 11.1. The van der Waals surface area contributed by atoms with Crippen LogP contribution in [-0.4, -0.2) is 19.2 Å². The number of azo groups is 1. The molecule has 0 aliphatic rings. The van der Waals surface area contributed by atoms with Crippen molar-refractivity contribution in [3.05, 3.63) is 66.2 Å². The van der Waals surface area contributed by atoms with Crippen molar-refractivity contribution in [1.82, 2.24) is 0 Å². The Morgan fingerprint density at radius 1 is 0.703 bits per heavy atom. The fourth-order valence-electron chi connectivity index (χ4n) is 3.95. The molecule has 0 atom stereocenters. The van der Waals surface area contributed by atoms with Gasteiger partial charge in [-0.25, -0.2) is 4.79 Å². The molecule has 0 amide bonds. The summed E-state index contributed by atoms with van der Waals surface area (Å²) in [6.07, 6.45) is 15.5. The average Bonchev–Trinajstić information content (AvgIpc) is 2.91. The molecular weight excluding hydrogens is 460 g/mol. The van der Waals surface area contributed by atoms with Gasteiger partial charge in [-0.3, -0.25) is 0 Å². The van der Waals surface area contributed by atoms with E-state index in [9.17, 15) is 4.79 Å². The van der Waals surface area contributed by atoms with E-state index in [-0.39, 0.29) is 5.97 Å². The van der Waals surface area contributed by atoms with Crippen LogP contribution in [-0.2, 0) is 16.0 Å². The summed E-state index contributed by atoms with van der Waals surface area (Å²) in [5.41, 5.74) is 3.52. The molecule has 0 saturated heterocycles. The van der Waals surface area contributed by atoms with Crippen LogP contribution in [0.3, 0.4) is 0 Å². The standard InChI is InChI=1S/C32H46N2O3/c1-4-5-6-7-10-13-16-28-17-19-29(20-18-28)33-34-30-21-23-31(24-22-30)36-25-14-11-8-9-12-15-26-37-32(35)27(2)3/h17-24H,2,4-16,25-26H2,1,3H3. The van der Waals surface area contributed by atoms with Crippen LogP contribution in [0.25, 0.3) is 0 Å². The van der Waals surface area contributed by atoms with E-state index in [0.717, 1.165) is 62.1 Å². The second-order valence-corrected chi connectivity index (χ2v) is 9.76. The molecule has 5 heteroatoms. The summed E-state index contributed by atoms with van der Waals surface area (Å²) in [5, 5.41) is 8.73. The lowest BCUT2D eigenvalue weighted by Crippen LogP contribution is -2.06. The lowest BCUT2D eigenvalue weighted by atomic mass is 10.0. The molecule has 2 aromatic carbocycles. The molecule has 0 aliphatic carbocycles. The number of hydrogen-bond acceptors (Lipinski definition) is 5. The minimum Gasteiger partial charge on any atom is -0.494 e. The Kier molecular flexibility index (Phi) is 15.7. The van der Waals surface area contributed by atoms with Crippen LogP contribution in [0.5, 0.6) is 5.75 Å². The van der Waals surface area contributed by atoms with Crippen LogP contribution in [0.2, 0.25) is 0 Å². The number of benzene rings is 2. The summed E-state index contributed by atoms with van der Waals surface area (Å²) in [5.74, 6) is 0.564. The largest absolute Gasteiger partial charge is 0.494 e. The van der Waals surface area contributed by atoms with Crippen LogP contribution in [0.1, 0.15) is 96.5 Å². The first kappa shape index (κ1) is 30.3. The van der Waals surface area contributed by atoms with Gasteiger partial charge in [0.1, 0.15) is 5.75 Å². The number of hydrogen-bond donors (Lipinski definition) is 0. The second-order valence-electron chi connectivity index (χ2n) is 9.76. The summed E-state index contributed by atoms with van der Waals surface area (Å²) in [7, 11) is 0. The fourth-order valence-corrected chi connectivity index (χ4v) is 3.95. The van der Waals surface area contributed by atoms with Crippen LogP contribution in [0.15, 0.2) is 70.9 Å². The third kappa shape index (κ3) is 14.4. The zero-order valence-electron chi connectivity index (χ0n) is 23.1. The average molecular weight is 507 g/mol. The number of aryl methyl sites for hydroxylation is 1. The Labute approximate surface area is 224 Å². The third-order valence-corrected chi connectivity index (χ3v) is 6.26. The summed E-state index contributed by atoms with van der Waals surface area (Å²) in [6, 6.07) is 16.2. The lowest BCUT2D eigenvalue weighted by molar-refractivity contribution is -0.139. The van der Waals surface area contributed by atoms with E-state index in [1.54, 1.807) is 6.92 Å². The van der Waals surface area contributed by atoms with Crippen molar-refractivity contribution in [2.75, 3.05) is 13.2 Å². The zero-order valence-corrected chi connectivity index (χ0v) is 23.1. The van der Waals surface area contributed by atoms with E-state index in [2.05, 4.69) is 35.9 Å². The fraction of sp³-hybridized carbons (Fsp3) is 0.531. The van der Waals surface area contributed by atoms with Gasteiger partial charge in [-0.15, -0.1) is 0 Å². The monoisotopic (exact) mass is 506 g/mol. The minimum atomic E-state index is -0.295. The van der Waals surface area contributed by atoms with Gasteiger partial charge in [0.25, 0.3) is 0 Å². The highest BCUT2D eigenvalue weighted by molar-refractivity contribution is 5.86. The molecule has 0 aliphatic heterocycles. The van der Waals surface area contributed by atoms with Gasteiger partial charge in [-0.1, -0.05) is 83.4 Å². The van der Waals surface area contributed by atoms with Crippen LogP contribution < -0.4 is 4.74 Å². The zero-order chi connectivity index (χ0) is 26.6. The first-order chi connectivity index (χ1) is 18.1. The second kappa shape index (κ2) is 19.2. The highest BCUT2D eigenvalue weighted by Gasteiger charge is 2.02. The summed E-state index contributed by atoms with van der Waals surface area (Å²) in [6.45, 7) is 8.70. The predicted octanol–water partition coefficient (Wildman–Crippen LogP) is 9.84.